The lowest BCUT2D eigenvalue weighted by molar-refractivity contribution is -0.384. The molecule has 0 aromatic carbocycles. The lowest BCUT2D eigenvalue weighted by Crippen LogP contribution is -2.36. The monoisotopic (exact) mass is 267 g/mol. The predicted molar refractivity (Wildman–Crippen MR) is 73.2 cm³/mol. The standard InChI is InChI=1S/C12H21N5O2/c1-10-3-6-16(7-4-10)8-5-13-12-11(17(18)19)9-15(2)14-12/h9-10H,3-8H2,1-2H3,(H,13,14). The molecular formula is C12H21N5O2. The second-order valence-corrected chi connectivity index (χ2v) is 5.24. The fourth-order valence-electron chi connectivity index (χ4n) is 2.35. The van der Waals surface area contributed by atoms with Crippen molar-refractivity contribution in [2.75, 3.05) is 31.5 Å². The van der Waals surface area contributed by atoms with Crippen LogP contribution in [-0.2, 0) is 7.05 Å². The van der Waals surface area contributed by atoms with E-state index in [1.807, 2.05) is 0 Å². The van der Waals surface area contributed by atoms with Crippen LogP contribution in [0.1, 0.15) is 19.8 Å². The molecule has 19 heavy (non-hydrogen) atoms. The van der Waals surface area contributed by atoms with Gasteiger partial charge in [0.2, 0.25) is 5.82 Å². The Morgan fingerprint density at radius 1 is 1.53 bits per heavy atom. The number of nitrogens with one attached hydrogen (secondary N) is 1. The Bertz CT molecular complexity index is 437. The molecule has 2 rings (SSSR count). The Kier molecular flexibility index (Phi) is 4.36. The number of aromatic nitrogens is 2. The van der Waals surface area contributed by atoms with Gasteiger partial charge in [-0.3, -0.25) is 14.8 Å². The molecular weight excluding hydrogens is 246 g/mol. The summed E-state index contributed by atoms with van der Waals surface area (Å²) in [6.07, 6.45) is 3.90. The minimum atomic E-state index is -0.405. The molecule has 0 bridgehead atoms. The summed E-state index contributed by atoms with van der Waals surface area (Å²) in [6.45, 7) is 6.11. The second-order valence-electron chi connectivity index (χ2n) is 5.24. The van der Waals surface area contributed by atoms with E-state index in [-0.39, 0.29) is 5.69 Å². The van der Waals surface area contributed by atoms with E-state index >= 15 is 0 Å². The van der Waals surface area contributed by atoms with Crippen LogP contribution < -0.4 is 5.32 Å². The Balaban J connectivity index is 1.81. The zero-order valence-corrected chi connectivity index (χ0v) is 11.5. The maximum Gasteiger partial charge on any atom is 0.330 e. The SMILES string of the molecule is CC1CCN(CCNc2nn(C)cc2[N+](=O)[O-])CC1. The third-order valence-corrected chi connectivity index (χ3v) is 3.60. The Morgan fingerprint density at radius 3 is 2.84 bits per heavy atom. The first-order valence-corrected chi connectivity index (χ1v) is 6.70. The highest BCUT2D eigenvalue weighted by molar-refractivity contribution is 5.54. The Hall–Kier alpha value is -1.63. The van der Waals surface area contributed by atoms with E-state index in [9.17, 15) is 10.1 Å². The van der Waals surface area contributed by atoms with E-state index in [0.29, 0.717) is 12.4 Å². The molecule has 1 aromatic rings. The van der Waals surface area contributed by atoms with Crippen LogP contribution in [0.4, 0.5) is 11.5 Å². The molecule has 0 radical (unpaired) electrons. The van der Waals surface area contributed by atoms with Gasteiger partial charge in [0, 0.05) is 20.1 Å². The van der Waals surface area contributed by atoms with Crippen molar-refractivity contribution in [3.63, 3.8) is 0 Å². The van der Waals surface area contributed by atoms with E-state index in [0.717, 1.165) is 25.6 Å². The summed E-state index contributed by atoms with van der Waals surface area (Å²) in [4.78, 5) is 12.8. The number of piperidine rings is 1. The average Bonchev–Trinajstić information content (AvgIpc) is 2.73. The second kappa shape index (κ2) is 6.01. The lowest BCUT2D eigenvalue weighted by atomic mass is 9.99. The van der Waals surface area contributed by atoms with Gasteiger partial charge >= 0.3 is 5.69 Å². The number of hydrogen-bond donors (Lipinski definition) is 1. The maximum atomic E-state index is 10.8. The molecule has 0 spiro atoms. The summed E-state index contributed by atoms with van der Waals surface area (Å²) < 4.78 is 1.46. The van der Waals surface area contributed by atoms with Crippen molar-refractivity contribution < 1.29 is 4.92 Å². The molecule has 0 atom stereocenters. The molecule has 0 aliphatic carbocycles. The zero-order chi connectivity index (χ0) is 13.8. The first-order valence-electron chi connectivity index (χ1n) is 6.70. The molecule has 0 saturated carbocycles. The minimum absolute atomic E-state index is 0.0368. The fraction of sp³-hybridized carbons (Fsp3) is 0.750. The van der Waals surface area contributed by atoms with Crippen molar-refractivity contribution >= 4 is 11.5 Å². The molecule has 2 heterocycles. The Morgan fingerprint density at radius 2 is 2.21 bits per heavy atom. The fourth-order valence-corrected chi connectivity index (χ4v) is 2.35. The smallest absolute Gasteiger partial charge is 0.330 e. The molecule has 1 saturated heterocycles. The molecule has 1 aliphatic rings. The molecule has 7 heteroatoms. The third-order valence-electron chi connectivity index (χ3n) is 3.60. The number of likely N-dealkylation sites (tertiary alicyclic amines) is 1. The summed E-state index contributed by atoms with van der Waals surface area (Å²) in [7, 11) is 1.68. The number of anilines is 1. The number of nitrogens with zero attached hydrogens (tertiary/aromatic N) is 4. The van der Waals surface area contributed by atoms with Crippen molar-refractivity contribution in [1.29, 1.82) is 0 Å². The normalized spacial score (nSPS) is 17.6. The van der Waals surface area contributed by atoms with Gasteiger partial charge in [0.15, 0.2) is 0 Å². The largest absolute Gasteiger partial charge is 0.362 e. The molecule has 0 unspecified atom stereocenters. The van der Waals surface area contributed by atoms with Crippen LogP contribution in [0.2, 0.25) is 0 Å². The summed E-state index contributed by atoms with van der Waals surface area (Å²) in [5, 5.41) is 18.0. The van der Waals surface area contributed by atoms with Gasteiger partial charge in [0.1, 0.15) is 6.20 Å². The third kappa shape index (κ3) is 3.66. The minimum Gasteiger partial charge on any atom is -0.362 e. The first-order chi connectivity index (χ1) is 9.06. The molecule has 7 nitrogen and oxygen atoms in total. The molecule has 106 valence electrons. The van der Waals surface area contributed by atoms with Gasteiger partial charge in [-0.05, 0) is 31.8 Å². The first kappa shape index (κ1) is 13.8. The molecule has 1 aliphatic heterocycles. The number of rotatable bonds is 5. The van der Waals surface area contributed by atoms with E-state index < -0.39 is 4.92 Å². The quantitative estimate of drug-likeness (QED) is 0.646. The Labute approximate surface area is 112 Å². The van der Waals surface area contributed by atoms with Crippen LogP contribution in [0.25, 0.3) is 0 Å². The summed E-state index contributed by atoms with van der Waals surface area (Å²) in [6, 6.07) is 0. The van der Waals surface area contributed by atoms with Gasteiger partial charge in [0.05, 0.1) is 4.92 Å². The van der Waals surface area contributed by atoms with Crippen LogP contribution in [0, 0.1) is 16.0 Å². The van der Waals surface area contributed by atoms with Crippen molar-refractivity contribution in [3.8, 4) is 0 Å². The van der Waals surface area contributed by atoms with Crippen molar-refractivity contribution in [3.05, 3.63) is 16.3 Å². The molecule has 1 fully saturated rings. The van der Waals surface area contributed by atoms with E-state index in [1.165, 1.54) is 23.7 Å². The van der Waals surface area contributed by atoms with Gasteiger partial charge in [-0.15, -0.1) is 5.10 Å². The lowest BCUT2D eigenvalue weighted by Gasteiger charge is -2.30. The van der Waals surface area contributed by atoms with Gasteiger partial charge in [-0.25, -0.2) is 0 Å². The molecule has 1 aromatic heterocycles. The highest BCUT2D eigenvalue weighted by atomic mass is 16.6. The topological polar surface area (TPSA) is 76.2 Å². The maximum absolute atomic E-state index is 10.8. The zero-order valence-electron chi connectivity index (χ0n) is 11.5. The van der Waals surface area contributed by atoms with Crippen LogP contribution in [0.3, 0.4) is 0 Å². The van der Waals surface area contributed by atoms with Gasteiger partial charge < -0.3 is 10.2 Å². The number of nitro groups is 1. The van der Waals surface area contributed by atoms with Crippen molar-refractivity contribution in [1.82, 2.24) is 14.7 Å². The molecule has 1 N–H and O–H groups in total. The summed E-state index contributed by atoms with van der Waals surface area (Å²) >= 11 is 0. The summed E-state index contributed by atoms with van der Waals surface area (Å²) in [5.41, 5.74) is 0.0368. The van der Waals surface area contributed by atoms with E-state index in [2.05, 4.69) is 22.2 Å². The van der Waals surface area contributed by atoms with E-state index in [4.69, 9.17) is 0 Å². The van der Waals surface area contributed by atoms with Gasteiger partial charge in [-0.2, -0.15) is 0 Å². The van der Waals surface area contributed by atoms with E-state index in [1.54, 1.807) is 7.05 Å². The van der Waals surface area contributed by atoms with Crippen LogP contribution >= 0.6 is 0 Å². The van der Waals surface area contributed by atoms with Crippen LogP contribution in [-0.4, -0.2) is 45.8 Å². The van der Waals surface area contributed by atoms with Crippen molar-refractivity contribution in [2.45, 2.75) is 19.8 Å². The predicted octanol–water partition coefficient (Wildman–Crippen LogP) is 1.47. The van der Waals surface area contributed by atoms with Crippen LogP contribution in [0.15, 0.2) is 6.20 Å². The van der Waals surface area contributed by atoms with Crippen molar-refractivity contribution in [2.24, 2.45) is 13.0 Å². The molecule has 0 amide bonds. The van der Waals surface area contributed by atoms with Gasteiger partial charge in [-0.1, -0.05) is 6.92 Å². The summed E-state index contributed by atoms with van der Waals surface area (Å²) in [5.74, 6) is 1.18. The highest BCUT2D eigenvalue weighted by Crippen LogP contribution is 2.21. The van der Waals surface area contributed by atoms with Gasteiger partial charge in [0.25, 0.3) is 0 Å². The number of aryl methyl sites for hydroxylation is 1. The van der Waals surface area contributed by atoms with Crippen LogP contribution in [0.5, 0.6) is 0 Å². The number of hydrogen-bond acceptors (Lipinski definition) is 5. The average molecular weight is 267 g/mol. The highest BCUT2D eigenvalue weighted by Gasteiger charge is 2.19.